The quantitative estimate of drug-likeness (QED) is 0.827. The summed E-state index contributed by atoms with van der Waals surface area (Å²) in [6, 6.07) is 17.7. The van der Waals surface area contributed by atoms with Crippen LogP contribution in [-0.2, 0) is 11.3 Å². The van der Waals surface area contributed by atoms with E-state index in [0.717, 1.165) is 11.3 Å². The Morgan fingerprint density at radius 3 is 2.67 bits per heavy atom. The first-order chi connectivity index (χ1) is 8.86. The average molecular weight is 236 g/mol. The van der Waals surface area contributed by atoms with Crippen LogP contribution in [0.3, 0.4) is 0 Å². The molecule has 3 heteroatoms. The lowest BCUT2D eigenvalue weighted by Gasteiger charge is -2.27. The summed E-state index contributed by atoms with van der Waals surface area (Å²) >= 11 is 0. The molecule has 0 saturated carbocycles. The summed E-state index contributed by atoms with van der Waals surface area (Å²) in [4.78, 5) is 0. The van der Waals surface area contributed by atoms with Gasteiger partial charge in [-0.15, -0.1) is 0 Å². The first-order valence-corrected chi connectivity index (χ1v) is 5.83. The number of fused-ring (bicyclic) bond motifs is 1. The van der Waals surface area contributed by atoms with E-state index in [1.54, 1.807) is 12.1 Å². The summed E-state index contributed by atoms with van der Waals surface area (Å²) in [6.45, 7) is 0.605. The molecular formula is C15H12N2O. The molecule has 3 rings (SSSR count). The van der Waals surface area contributed by atoms with Gasteiger partial charge in [0.1, 0.15) is 0 Å². The van der Waals surface area contributed by atoms with E-state index in [4.69, 9.17) is 10.00 Å². The van der Waals surface area contributed by atoms with E-state index in [9.17, 15) is 0 Å². The molecule has 0 radical (unpaired) electrons. The molecule has 2 aromatic rings. The molecule has 0 spiro atoms. The van der Waals surface area contributed by atoms with Crippen LogP contribution in [0.4, 0.5) is 5.69 Å². The van der Waals surface area contributed by atoms with E-state index < -0.39 is 0 Å². The Hall–Kier alpha value is -2.31. The summed E-state index contributed by atoms with van der Waals surface area (Å²) < 4.78 is 5.77. The number of anilines is 1. The van der Waals surface area contributed by atoms with Crippen molar-refractivity contribution in [2.24, 2.45) is 0 Å². The van der Waals surface area contributed by atoms with E-state index in [1.165, 1.54) is 5.56 Å². The second-order valence-corrected chi connectivity index (χ2v) is 4.23. The lowest BCUT2D eigenvalue weighted by atomic mass is 10.1. The highest BCUT2D eigenvalue weighted by atomic mass is 16.5. The Balaban J connectivity index is 1.85. The monoisotopic (exact) mass is 236 g/mol. The van der Waals surface area contributed by atoms with Crippen molar-refractivity contribution in [1.29, 1.82) is 5.26 Å². The van der Waals surface area contributed by atoms with Crippen molar-refractivity contribution in [2.75, 3.05) is 5.32 Å². The predicted octanol–water partition coefficient (Wildman–Crippen LogP) is 3.20. The maximum Gasteiger partial charge on any atom is 0.154 e. The molecule has 18 heavy (non-hydrogen) atoms. The normalized spacial score (nSPS) is 17.4. The third-order valence-electron chi connectivity index (χ3n) is 3.05. The Morgan fingerprint density at radius 2 is 1.89 bits per heavy atom. The van der Waals surface area contributed by atoms with Crippen LogP contribution >= 0.6 is 0 Å². The lowest BCUT2D eigenvalue weighted by Crippen LogP contribution is -2.20. The van der Waals surface area contributed by atoms with Crippen LogP contribution in [-0.4, -0.2) is 0 Å². The van der Waals surface area contributed by atoms with Gasteiger partial charge in [-0.2, -0.15) is 5.26 Å². The number of hydrogen-bond donors (Lipinski definition) is 1. The highest BCUT2D eigenvalue weighted by molar-refractivity contribution is 5.53. The van der Waals surface area contributed by atoms with Gasteiger partial charge in [-0.3, -0.25) is 0 Å². The van der Waals surface area contributed by atoms with Crippen molar-refractivity contribution in [1.82, 2.24) is 0 Å². The molecular weight excluding hydrogens is 224 g/mol. The van der Waals surface area contributed by atoms with Gasteiger partial charge in [0.2, 0.25) is 0 Å². The van der Waals surface area contributed by atoms with Crippen LogP contribution in [0.25, 0.3) is 0 Å². The molecule has 1 atom stereocenters. The van der Waals surface area contributed by atoms with E-state index in [2.05, 4.69) is 23.5 Å². The zero-order valence-corrected chi connectivity index (χ0v) is 9.76. The number of ether oxygens (including phenoxy) is 1. The third-order valence-corrected chi connectivity index (χ3v) is 3.05. The molecule has 2 aromatic carbocycles. The molecule has 0 aromatic heterocycles. The minimum atomic E-state index is -0.146. The fourth-order valence-electron chi connectivity index (χ4n) is 2.06. The Labute approximate surface area is 106 Å². The van der Waals surface area contributed by atoms with E-state index in [-0.39, 0.29) is 6.23 Å². The maximum atomic E-state index is 8.77. The first kappa shape index (κ1) is 10.8. The maximum absolute atomic E-state index is 8.77. The molecule has 0 fully saturated rings. The van der Waals surface area contributed by atoms with E-state index in [0.29, 0.717) is 12.2 Å². The Bertz CT molecular complexity index is 599. The van der Waals surface area contributed by atoms with Gasteiger partial charge in [0.05, 0.1) is 18.2 Å². The molecule has 88 valence electrons. The van der Waals surface area contributed by atoms with Crippen LogP contribution in [0.2, 0.25) is 0 Å². The largest absolute Gasteiger partial charge is 0.356 e. The van der Waals surface area contributed by atoms with Crippen molar-refractivity contribution >= 4 is 5.69 Å². The highest BCUT2D eigenvalue weighted by Crippen LogP contribution is 2.30. The Morgan fingerprint density at radius 1 is 1.11 bits per heavy atom. The summed E-state index contributed by atoms with van der Waals surface area (Å²) in [5.41, 5.74) is 3.97. The fraction of sp³-hybridized carbons (Fsp3) is 0.133. The number of nitrogens with one attached hydrogen (secondary N) is 1. The third kappa shape index (κ3) is 1.94. The molecule has 0 amide bonds. The van der Waals surface area contributed by atoms with Crippen LogP contribution in [0.15, 0.2) is 48.5 Å². The second kappa shape index (κ2) is 4.52. The van der Waals surface area contributed by atoms with Crippen LogP contribution in [0.5, 0.6) is 0 Å². The van der Waals surface area contributed by atoms with Gasteiger partial charge in [-0.05, 0) is 18.2 Å². The summed E-state index contributed by atoms with van der Waals surface area (Å²) in [5.74, 6) is 0. The van der Waals surface area contributed by atoms with Gasteiger partial charge in [-0.25, -0.2) is 0 Å². The minimum Gasteiger partial charge on any atom is -0.356 e. The molecule has 0 bridgehead atoms. The SMILES string of the molecule is N#Cc1ccc(C2Nc3ccccc3CO2)cc1. The lowest BCUT2D eigenvalue weighted by molar-refractivity contribution is 0.0507. The molecule has 0 saturated heterocycles. The van der Waals surface area contributed by atoms with Crippen molar-refractivity contribution in [3.05, 3.63) is 65.2 Å². The zero-order valence-electron chi connectivity index (χ0n) is 9.76. The number of rotatable bonds is 1. The van der Waals surface area contributed by atoms with E-state index >= 15 is 0 Å². The van der Waals surface area contributed by atoms with Gasteiger partial charge >= 0.3 is 0 Å². The standard InChI is InChI=1S/C15H12N2O/c16-9-11-5-7-12(8-6-11)15-17-14-4-2-1-3-13(14)10-18-15/h1-8,15,17H,10H2. The molecule has 0 aliphatic carbocycles. The second-order valence-electron chi connectivity index (χ2n) is 4.23. The van der Waals surface area contributed by atoms with Gasteiger partial charge in [-0.1, -0.05) is 30.3 Å². The molecule has 1 heterocycles. The zero-order chi connectivity index (χ0) is 12.4. The Kier molecular flexibility index (Phi) is 2.71. The van der Waals surface area contributed by atoms with Gasteiger partial charge < -0.3 is 10.1 Å². The number of nitriles is 1. The molecule has 3 nitrogen and oxygen atoms in total. The van der Waals surface area contributed by atoms with Gasteiger partial charge in [0.15, 0.2) is 6.23 Å². The van der Waals surface area contributed by atoms with Crippen LogP contribution in [0.1, 0.15) is 22.9 Å². The van der Waals surface area contributed by atoms with Crippen molar-refractivity contribution < 1.29 is 4.74 Å². The van der Waals surface area contributed by atoms with Crippen molar-refractivity contribution in [3.63, 3.8) is 0 Å². The smallest absolute Gasteiger partial charge is 0.154 e. The van der Waals surface area contributed by atoms with Crippen LogP contribution in [0, 0.1) is 11.3 Å². The molecule has 1 aliphatic heterocycles. The number of hydrogen-bond acceptors (Lipinski definition) is 3. The van der Waals surface area contributed by atoms with Crippen molar-refractivity contribution in [2.45, 2.75) is 12.8 Å². The van der Waals surface area contributed by atoms with Gasteiger partial charge in [0.25, 0.3) is 0 Å². The first-order valence-electron chi connectivity index (χ1n) is 5.83. The fourth-order valence-corrected chi connectivity index (χ4v) is 2.06. The minimum absolute atomic E-state index is 0.146. The molecule has 1 N–H and O–H groups in total. The topological polar surface area (TPSA) is 45.0 Å². The van der Waals surface area contributed by atoms with Gasteiger partial charge in [0, 0.05) is 16.8 Å². The number of benzene rings is 2. The molecule has 1 aliphatic rings. The summed E-state index contributed by atoms with van der Waals surface area (Å²) in [5, 5.41) is 12.1. The summed E-state index contributed by atoms with van der Waals surface area (Å²) in [7, 11) is 0. The van der Waals surface area contributed by atoms with Crippen molar-refractivity contribution in [3.8, 4) is 6.07 Å². The molecule has 1 unspecified atom stereocenters. The van der Waals surface area contributed by atoms with Crippen LogP contribution < -0.4 is 5.32 Å². The van der Waals surface area contributed by atoms with E-state index in [1.807, 2.05) is 24.3 Å². The number of para-hydroxylation sites is 1. The highest BCUT2D eigenvalue weighted by Gasteiger charge is 2.18. The number of nitrogens with zero attached hydrogens (tertiary/aromatic N) is 1. The summed E-state index contributed by atoms with van der Waals surface area (Å²) in [6.07, 6.45) is -0.146. The predicted molar refractivity (Wildman–Crippen MR) is 68.8 cm³/mol. The average Bonchev–Trinajstić information content (AvgIpc) is 2.47.